The summed E-state index contributed by atoms with van der Waals surface area (Å²) in [5, 5.41) is 0. The number of ether oxygens (including phenoxy) is 1. The van der Waals surface area contributed by atoms with E-state index in [1.165, 1.54) is 31.2 Å². The fourth-order valence-electron chi connectivity index (χ4n) is 3.45. The molecular formula is C18H29NO. The van der Waals surface area contributed by atoms with E-state index in [1.54, 1.807) is 0 Å². The van der Waals surface area contributed by atoms with Gasteiger partial charge in [-0.05, 0) is 68.7 Å². The van der Waals surface area contributed by atoms with Crippen molar-refractivity contribution in [2.75, 3.05) is 6.54 Å². The lowest BCUT2D eigenvalue weighted by Crippen LogP contribution is -2.28. The number of nitrogens with two attached hydrogens (primary N) is 1. The van der Waals surface area contributed by atoms with Gasteiger partial charge in [0.25, 0.3) is 0 Å². The van der Waals surface area contributed by atoms with Gasteiger partial charge in [0.05, 0.1) is 6.10 Å². The zero-order valence-electron chi connectivity index (χ0n) is 13.1. The molecule has 3 atom stereocenters. The molecule has 112 valence electrons. The number of benzene rings is 1. The Bertz CT molecular complexity index is 398. The highest BCUT2D eigenvalue weighted by atomic mass is 16.5. The maximum absolute atomic E-state index is 5.99. The molecule has 3 unspecified atom stereocenters. The zero-order valence-corrected chi connectivity index (χ0v) is 13.1. The molecule has 0 amide bonds. The van der Waals surface area contributed by atoms with Crippen LogP contribution in [-0.2, 0) is 0 Å². The van der Waals surface area contributed by atoms with Gasteiger partial charge in [0.2, 0.25) is 0 Å². The summed E-state index contributed by atoms with van der Waals surface area (Å²) in [6.07, 6.45) is 5.45. The third-order valence-corrected chi connectivity index (χ3v) is 4.66. The summed E-state index contributed by atoms with van der Waals surface area (Å²) in [7, 11) is 0. The Morgan fingerprint density at radius 1 is 1.20 bits per heavy atom. The molecule has 0 bridgehead atoms. The lowest BCUT2D eigenvalue weighted by Gasteiger charge is -2.35. The molecule has 2 nitrogen and oxygen atoms in total. The average Bonchev–Trinajstić information content (AvgIpc) is 2.46. The fourth-order valence-corrected chi connectivity index (χ4v) is 3.45. The summed E-state index contributed by atoms with van der Waals surface area (Å²) in [5.41, 5.74) is 7.43. The predicted molar refractivity (Wildman–Crippen MR) is 85.1 cm³/mol. The van der Waals surface area contributed by atoms with Crippen molar-refractivity contribution in [2.45, 2.75) is 58.5 Å². The van der Waals surface area contributed by atoms with Crippen LogP contribution in [0.4, 0.5) is 0 Å². The Balaban J connectivity index is 2.10. The summed E-state index contributed by atoms with van der Waals surface area (Å²) in [6, 6.07) is 8.70. The second-order valence-corrected chi connectivity index (χ2v) is 6.43. The number of rotatable bonds is 5. The van der Waals surface area contributed by atoms with E-state index in [4.69, 9.17) is 10.5 Å². The molecule has 1 aliphatic carbocycles. The first-order valence-corrected chi connectivity index (χ1v) is 8.10. The second-order valence-electron chi connectivity index (χ2n) is 6.43. The topological polar surface area (TPSA) is 35.2 Å². The van der Waals surface area contributed by atoms with Gasteiger partial charge in [-0.2, -0.15) is 0 Å². The van der Waals surface area contributed by atoms with Crippen LogP contribution in [0.25, 0.3) is 0 Å². The molecule has 1 saturated carbocycles. The van der Waals surface area contributed by atoms with Gasteiger partial charge < -0.3 is 10.5 Å². The zero-order chi connectivity index (χ0) is 14.5. The smallest absolute Gasteiger partial charge is 0.119 e. The summed E-state index contributed by atoms with van der Waals surface area (Å²) < 4.78 is 5.73. The van der Waals surface area contributed by atoms with E-state index in [2.05, 4.69) is 45.0 Å². The molecule has 2 heteroatoms. The van der Waals surface area contributed by atoms with E-state index >= 15 is 0 Å². The van der Waals surface area contributed by atoms with Crippen molar-refractivity contribution >= 4 is 0 Å². The summed E-state index contributed by atoms with van der Waals surface area (Å²) in [6.45, 7) is 7.24. The normalized spacial score (nSPS) is 26.8. The highest BCUT2D eigenvalue weighted by Gasteiger charge is 2.29. The van der Waals surface area contributed by atoms with E-state index in [9.17, 15) is 0 Å². The van der Waals surface area contributed by atoms with Crippen molar-refractivity contribution in [3.63, 3.8) is 0 Å². The molecule has 0 spiro atoms. The Labute approximate surface area is 123 Å². The largest absolute Gasteiger partial charge is 0.491 e. The molecule has 0 aromatic heterocycles. The maximum Gasteiger partial charge on any atom is 0.119 e. The Morgan fingerprint density at radius 3 is 2.45 bits per heavy atom. The van der Waals surface area contributed by atoms with Crippen LogP contribution >= 0.6 is 0 Å². The number of hydrogen-bond donors (Lipinski definition) is 1. The molecule has 1 aromatic carbocycles. The standard InChI is InChI=1S/C18H29NO/c1-4-14-5-6-16(12-19)18(11-14)15-7-9-17(10-8-15)20-13(2)3/h7-10,13-14,16,18H,4-6,11-12,19H2,1-3H3. The quantitative estimate of drug-likeness (QED) is 0.867. The van der Waals surface area contributed by atoms with E-state index < -0.39 is 0 Å². The first-order valence-electron chi connectivity index (χ1n) is 8.10. The van der Waals surface area contributed by atoms with Crippen LogP contribution in [0.3, 0.4) is 0 Å². The molecule has 2 rings (SSSR count). The van der Waals surface area contributed by atoms with Gasteiger partial charge >= 0.3 is 0 Å². The SMILES string of the molecule is CCC1CCC(CN)C(c2ccc(OC(C)C)cc2)C1. The van der Waals surface area contributed by atoms with E-state index in [1.807, 2.05) is 0 Å². The molecular weight excluding hydrogens is 246 g/mol. The van der Waals surface area contributed by atoms with Crippen molar-refractivity contribution in [2.24, 2.45) is 17.6 Å². The number of hydrogen-bond acceptors (Lipinski definition) is 2. The van der Waals surface area contributed by atoms with Crippen molar-refractivity contribution in [1.82, 2.24) is 0 Å². The Hall–Kier alpha value is -1.02. The van der Waals surface area contributed by atoms with Crippen LogP contribution < -0.4 is 10.5 Å². The Morgan fingerprint density at radius 2 is 1.90 bits per heavy atom. The van der Waals surface area contributed by atoms with Crippen LogP contribution in [0.15, 0.2) is 24.3 Å². The van der Waals surface area contributed by atoms with Crippen LogP contribution in [-0.4, -0.2) is 12.6 Å². The maximum atomic E-state index is 5.99. The van der Waals surface area contributed by atoms with Crippen LogP contribution in [0.5, 0.6) is 5.75 Å². The lowest BCUT2D eigenvalue weighted by atomic mass is 9.70. The van der Waals surface area contributed by atoms with Gasteiger partial charge in [0.15, 0.2) is 0 Å². The van der Waals surface area contributed by atoms with Gasteiger partial charge in [-0.25, -0.2) is 0 Å². The molecule has 0 saturated heterocycles. The second kappa shape index (κ2) is 7.12. The minimum atomic E-state index is 0.233. The highest BCUT2D eigenvalue weighted by Crippen LogP contribution is 2.41. The molecule has 20 heavy (non-hydrogen) atoms. The monoisotopic (exact) mass is 275 g/mol. The predicted octanol–water partition coefficient (Wildman–Crippen LogP) is 4.34. The minimum absolute atomic E-state index is 0.233. The molecule has 0 heterocycles. The molecule has 0 radical (unpaired) electrons. The van der Waals surface area contributed by atoms with Gasteiger partial charge in [-0.1, -0.05) is 31.9 Å². The third kappa shape index (κ3) is 3.76. The van der Waals surface area contributed by atoms with Crippen molar-refractivity contribution in [1.29, 1.82) is 0 Å². The molecule has 1 aliphatic rings. The fraction of sp³-hybridized carbons (Fsp3) is 0.667. The lowest BCUT2D eigenvalue weighted by molar-refractivity contribution is 0.234. The van der Waals surface area contributed by atoms with Gasteiger partial charge in [-0.3, -0.25) is 0 Å². The van der Waals surface area contributed by atoms with E-state index in [0.717, 1.165) is 18.2 Å². The minimum Gasteiger partial charge on any atom is -0.491 e. The first-order chi connectivity index (χ1) is 9.63. The first kappa shape index (κ1) is 15.4. The van der Waals surface area contributed by atoms with Crippen LogP contribution in [0.1, 0.15) is 57.9 Å². The van der Waals surface area contributed by atoms with Gasteiger partial charge in [-0.15, -0.1) is 0 Å². The molecule has 1 fully saturated rings. The van der Waals surface area contributed by atoms with Crippen molar-refractivity contribution in [3.05, 3.63) is 29.8 Å². The third-order valence-electron chi connectivity index (χ3n) is 4.66. The van der Waals surface area contributed by atoms with Crippen molar-refractivity contribution < 1.29 is 4.74 Å². The van der Waals surface area contributed by atoms with Crippen LogP contribution in [0, 0.1) is 11.8 Å². The molecule has 2 N–H and O–H groups in total. The molecule has 0 aliphatic heterocycles. The highest BCUT2D eigenvalue weighted by molar-refractivity contribution is 5.30. The van der Waals surface area contributed by atoms with Crippen LogP contribution in [0.2, 0.25) is 0 Å². The molecule has 1 aromatic rings. The van der Waals surface area contributed by atoms with E-state index in [0.29, 0.717) is 11.8 Å². The van der Waals surface area contributed by atoms with E-state index in [-0.39, 0.29) is 6.10 Å². The average molecular weight is 275 g/mol. The van der Waals surface area contributed by atoms with Gasteiger partial charge in [0, 0.05) is 0 Å². The summed E-state index contributed by atoms with van der Waals surface area (Å²) in [4.78, 5) is 0. The van der Waals surface area contributed by atoms with Gasteiger partial charge in [0.1, 0.15) is 5.75 Å². The van der Waals surface area contributed by atoms with Crippen molar-refractivity contribution in [3.8, 4) is 5.75 Å². The summed E-state index contributed by atoms with van der Waals surface area (Å²) in [5.74, 6) is 3.12. The Kier molecular flexibility index (Phi) is 5.47. The summed E-state index contributed by atoms with van der Waals surface area (Å²) >= 11 is 0.